The lowest BCUT2D eigenvalue weighted by Crippen LogP contribution is -2.00. The largest absolute Gasteiger partial charge is 0.456 e. The molecule has 6 nitrogen and oxygen atoms in total. The van der Waals surface area contributed by atoms with E-state index in [0.717, 1.165) is 21.8 Å². The van der Waals surface area contributed by atoms with Gasteiger partial charge in [-0.3, -0.25) is 14.4 Å². The number of aromatic amines is 2. The summed E-state index contributed by atoms with van der Waals surface area (Å²) in [6.45, 7) is 0. The summed E-state index contributed by atoms with van der Waals surface area (Å²) in [5.41, 5.74) is 5.13. The molecule has 196 valence electrons. The van der Waals surface area contributed by atoms with Crippen molar-refractivity contribution in [3.8, 4) is 22.6 Å². The summed E-state index contributed by atoms with van der Waals surface area (Å²) in [6.07, 6.45) is 3.41. The first-order valence-corrected chi connectivity index (χ1v) is 13.1. The fourth-order valence-corrected chi connectivity index (χ4v) is 5.19. The normalized spacial score (nSPS) is 11.2. The first-order chi connectivity index (χ1) is 20.0. The van der Waals surface area contributed by atoms with Crippen molar-refractivity contribution < 1.29 is 14.0 Å². The third kappa shape index (κ3) is 4.37. The van der Waals surface area contributed by atoms with Crippen LogP contribution in [0.4, 0.5) is 0 Å². The standard InChI is InChI=1S/C35H22N2O4/c38-25-17-32(23-11-13-26-28(19-36-30(26)15-23)34(39)21-7-3-1-4-8-21)41-33(18-25)24-12-14-27-29(20-37-31(27)16-24)35(40)22-9-5-2-6-10-22/h1-20,36-37H. The predicted octanol–water partition coefficient (Wildman–Crippen LogP) is 7.40. The zero-order valence-corrected chi connectivity index (χ0v) is 21.7. The fourth-order valence-electron chi connectivity index (χ4n) is 5.19. The summed E-state index contributed by atoms with van der Waals surface area (Å²) >= 11 is 0. The van der Waals surface area contributed by atoms with Crippen molar-refractivity contribution >= 4 is 33.4 Å². The lowest BCUT2D eigenvalue weighted by atomic mass is 10.0. The summed E-state index contributed by atoms with van der Waals surface area (Å²) in [6, 6.07) is 32.3. The van der Waals surface area contributed by atoms with E-state index in [9.17, 15) is 14.4 Å². The van der Waals surface area contributed by atoms with Gasteiger partial charge >= 0.3 is 0 Å². The van der Waals surface area contributed by atoms with Gasteiger partial charge in [-0.25, -0.2) is 0 Å². The van der Waals surface area contributed by atoms with E-state index >= 15 is 0 Å². The van der Waals surface area contributed by atoms with Crippen LogP contribution in [0.3, 0.4) is 0 Å². The first-order valence-electron chi connectivity index (χ1n) is 13.1. The van der Waals surface area contributed by atoms with E-state index in [-0.39, 0.29) is 17.0 Å². The number of carbonyl (C=O) groups excluding carboxylic acids is 2. The minimum absolute atomic E-state index is 0.0635. The van der Waals surface area contributed by atoms with E-state index in [4.69, 9.17) is 4.42 Å². The van der Waals surface area contributed by atoms with Crippen LogP contribution in [-0.4, -0.2) is 21.5 Å². The van der Waals surface area contributed by atoms with Crippen molar-refractivity contribution in [3.63, 3.8) is 0 Å². The number of H-pyrrole nitrogens is 2. The number of hydrogen-bond donors (Lipinski definition) is 2. The summed E-state index contributed by atoms with van der Waals surface area (Å²) in [7, 11) is 0. The molecule has 0 atom stereocenters. The van der Waals surface area contributed by atoms with Gasteiger partial charge in [0.1, 0.15) is 11.5 Å². The second-order valence-corrected chi connectivity index (χ2v) is 9.84. The Kier molecular flexibility index (Phi) is 5.79. The van der Waals surface area contributed by atoms with E-state index in [1.54, 1.807) is 36.7 Å². The number of ketones is 2. The second-order valence-electron chi connectivity index (χ2n) is 9.84. The SMILES string of the molecule is O=C(c1ccccc1)c1c[nH]c2cc(-c3cc(=O)cc(-c4ccc5c(C(=O)c6ccccc6)c[nH]c5c4)o3)ccc12. The van der Waals surface area contributed by atoms with Crippen molar-refractivity contribution in [2.45, 2.75) is 0 Å². The van der Waals surface area contributed by atoms with Gasteiger partial charge in [0.2, 0.25) is 0 Å². The number of hydrogen-bond acceptors (Lipinski definition) is 4. The van der Waals surface area contributed by atoms with Crippen molar-refractivity contribution in [2.24, 2.45) is 0 Å². The minimum Gasteiger partial charge on any atom is -0.456 e. The highest BCUT2D eigenvalue weighted by Crippen LogP contribution is 2.31. The van der Waals surface area contributed by atoms with Gasteiger partial charge in [0, 0.05) is 79.7 Å². The zero-order valence-electron chi connectivity index (χ0n) is 21.7. The monoisotopic (exact) mass is 534 g/mol. The van der Waals surface area contributed by atoms with Gasteiger partial charge in [-0.05, 0) is 12.1 Å². The zero-order chi connectivity index (χ0) is 27.9. The fraction of sp³-hybridized carbons (Fsp3) is 0. The molecule has 0 unspecified atom stereocenters. The quantitative estimate of drug-likeness (QED) is 0.217. The highest BCUT2D eigenvalue weighted by molar-refractivity contribution is 6.17. The van der Waals surface area contributed by atoms with Crippen LogP contribution >= 0.6 is 0 Å². The third-order valence-corrected chi connectivity index (χ3v) is 7.26. The Morgan fingerprint density at radius 1 is 0.537 bits per heavy atom. The highest BCUT2D eigenvalue weighted by atomic mass is 16.3. The maximum atomic E-state index is 13.0. The molecule has 3 aromatic heterocycles. The summed E-state index contributed by atoms with van der Waals surface area (Å²) < 4.78 is 6.21. The van der Waals surface area contributed by atoms with Gasteiger partial charge in [-0.15, -0.1) is 0 Å². The molecule has 3 heterocycles. The molecule has 0 amide bonds. The van der Waals surface area contributed by atoms with Crippen LogP contribution in [0, 0.1) is 0 Å². The molecule has 0 aliphatic rings. The molecular formula is C35H22N2O4. The Morgan fingerprint density at radius 3 is 1.41 bits per heavy atom. The number of aromatic nitrogens is 2. The topological polar surface area (TPSA) is 95.9 Å². The summed E-state index contributed by atoms with van der Waals surface area (Å²) in [5, 5.41) is 1.58. The van der Waals surface area contributed by atoms with Crippen LogP contribution in [0.15, 0.2) is 131 Å². The van der Waals surface area contributed by atoms with Gasteiger partial charge in [0.05, 0.1) is 0 Å². The molecule has 41 heavy (non-hydrogen) atoms. The van der Waals surface area contributed by atoms with Crippen molar-refractivity contribution in [1.82, 2.24) is 9.97 Å². The Labute approximate surface area is 233 Å². The van der Waals surface area contributed by atoms with E-state index in [0.29, 0.717) is 44.9 Å². The van der Waals surface area contributed by atoms with E-state index in [2.05, 4.69) is 9.97 Å². The molecule has 7 rings (SSSR count). The molecule has 0 saturated heterocycles. The summed E-state index contributed by atoms with van der Waals surface area (Å²) in [5.74, 6) is 0.691. The van der Waals surface area contributed by atoms with Crippen LogP contribution in [0.1, 0.15) is 31.8 Å². The van der Waals surface area contributed by atoms with Gasteiger partial charge in [-0.2, -0.15) is 0 Å². The molecular weight excluding hydrogens is 512 g/mol. The molecule has 6 heteroatoms. The second kappa shape index (κ2) is 9.77. The highest BCUT2D eigenvalue weighted by Gasteiger charge is 2.17. The van der Waals surface area contributed by atoms with Gasteiger partial charge < -0.3 is 14.4 Å². The molecule has 0 fully saturated rings. The van der Waals surface area contributed by atoms with Gasteiger partial charge in [0.15, 0.2) is 17.0 Å². The van der Waals surface area contributed by atoms with Crippen molar-refractivity contribution in [1.29, 1.82) is 0 Å². The third-order valence-electron chi connectivity index (χ3n) is 7.26. The number of fused-ring (bicyclic) bond motifs is 2. The van der Waals surface area contributed by atoms with E-state index in [1.807, 2.05) is 72.8 Å². The molecule has 0 aliphatic heterocycles. The predicted molar refractivity (Wildman–Crippen MR) is 159 cm³/mol. The molecule has 4 aromatic carbocycles. The van der Waals surface area contributed by atoms with Gasteiger partial charge in [-0.1, -0.05) is 84.9 Å². The molecule has 7 aromatic rings. The van der Waals surface area contributed by atoms with Gasteiger partial charge in [0.25, 0.3) is 0 Å². The average molecular weight is 535 g/mol. The number of nitrogens with one attached hydrogen (secondary N) is 2. The Bertz CT molecular complexity index is 2000. The molecule has 0 saturated carbocycles. The molecule has 2 N–H and O–H groups in total. The van der Waals surface area contributed by atoms with Crippen molar-refractivity contribution in [2.75, 3.05) is 0 Å². The average Bonchev–Trinajstić information content (AvgIpc) is 3.64. The first kappa shape index (κ1) is 24.3. The van der Waals surface area contributed by atoms with E-state index in [1.165, 1.54) is 12.1 Å². The number of carbonyl (C=O) groups is 2. The van der Waals surface area contributed by atoms with Crippen LogP contribution in [0.5, 0.6) is 0 Å². The number of benzene rings is 4. The molecule has 0 radical (unpaired) electrons. The van der Waals surface area contributed by atoms with Crippen LogP contribution in [-0.2, 0) is 0 Å². The molecule has 0 bridgehead atoms. The maximum Gasteiger partial charge on any atom is 0.195 e. The number of rotatable bonds is 6. The molecule has 0 spiro atoms. The lowest BCUT2D eigenvalue weighted by Gasteiger charge is -2.07. The lowest BCUT2D eigenvalue weighted by molar-refractivity contribution is 0.103. The smallest absolute Gasteiger partial charge is 0.195 e. The Morgan fingerprint density at radius 2 is 0.976 bits per heavy atom. The minimum atomic E-state index is -0.195. The maximum absolute atomic E-state index is 13.0. The van der Waals surface area contributed by atoms with E-state index < -0.39 is 0 Å². The Hall–Kier alpha value is -5.75. The summed E-state index contributed by atoms with van der Waals surface area (Å²) in [4.78, 5) is 45.1. The molecule has 0 aliphatic carbocycles. The van der Waals surface area contributed by atoms with Crippen LogP contribution in [0.2, 0.25) is 0 Å². The van der Waals surface area contributed by atoms with Crippen LogP contribution < -0.4 is 5.43 Å². The van der Waals surface area contributed by atoms with Crippen LogP contribution in [0.25, 0.3) is 44.5 Å². The Balaban J connectivity index is 1.23. The van der Waals surface area contributed by atoms with Crippen molar-refractivity contribution in [3.05, 3.63) is 154 Å².